The second-order valence-corrected chi connectivity index (χ2v) is 5.15. The third-order valence-corrected chi connectivity index (χ3v) is 3.45. The van der Waals surface area contributed by atoms with Gasteiger partial charge in [0.2, 0.25) is 5.75 Å². The zero-order chi connectivity index (χ0) is 17.3. The van der Waals surface area contributed by atoms with Crippen LogP contribution in [0.4, 0.5) is 5.69 Å². The maximum Gasteiger partial charge on any atom is 0.419 e. The van der Waals surface area contributed by atoms with Gasteiger partial charge in [-0.1, -0.05) is 23.7 Å². The second-order valence-electron chi connectivity index (χ2n) is 4.72. The van der Waals surface area contributed by atoms with Gasteiger partial charge in [-0.05, 0) is 36.4 Å². The van der Waals surface area contributed by atoms with E-state index >= 15 is 0 Å². The Bertz CT molecular complexity index is 1010. The molecule has 0 saturated carbocycles. The van der Waals surface area contributed by atoms with Crippen LogP contribution in [-0.2, 0) is 0 Å². The molecule has 120 valence electrons. The van der Waals surface area contributed by atoms with Crippen LogP contribution in [0.3, 0.4) is 0 Å². The molecular weight excluding hydrogens is 338 g/mol. The lowest BCUT2D eigenvalue weighted by Gasteiger charge is -2.07. The molecule has 0 radical (unpaired) electrons. The number of nitrogens with zero attached hydrogens (tertiary/aromatic N) is 1. The van der Waals surface area contributed by atoms with Gasteiger partial charge in [0.25, 0.3) is 0 Å². The highest BCUT2D eigenvalue weighted by Crippen LogP contribution is 2.32. The van der Waals surface area contributed by atoms with E-state index in [0.717, 1.165) is 0 Å². The number of hydrogen-bond acceptors (Lipinski definition) is 6. The Hall–Kier alpha value is -3.19. The SMILES string of the molecule is O=C(Oc1c([N+](=O)[O-])c(=O)oc2ccccc12)c1ccc(Cl)cc1. The molecule has 0 unspecified atom stereocenters. The van der Waals surface area contributed by atoms with Crippen LogP contribution in [0.1, 0.15) is 10.4 Å². The number of fused-ring (bicyclic) bond motifs is 1. The third-order valence-electron chi connectivity index (χ3n) is 3.20. The number of benzene rings is 2. The highest BCUT2D eigenvalue weighted by molar-refractivity contribution is 6.30. The summed E-state index contributed by atoms with van der Waals surface area (Å²) in [5.74, 6) is -1.31. The minimum Gasteiger partial charge on any atom is -0.417 e. The molecule has 0 spiro atoms. The van der Waals surface area contributed by atoms with Crippen molar-refractivity contribution in [3.8, 4) is 5.75 Å². The fraction of sp³-hybridized carbons (Fsp3) is 0. The Labute approximate surface area is 139 Å². The first-order valence-corrected chi connectivity index (χ1v) is 7.03. The smallest absolute Gasteiger partial charge is 0.417 e. The molecule has 2 aromatic carbocycles. The molecule has 3 rings (SSSR count). The molecule has 7 nitrogen and oxygen atoms in total. The summed E-state index contributed by atoms with van der Waals surface area (Å²) in [4.78, 5) is 34.3. The number of hydrogen-bond donors (Lipinski definition) is 0. The first kappa shape index (κ1) is 15.7. The lowest BCUT2D eigenvalue weighted by molar-refractivity contribution is -0.387. The highest BCUT2D eigenvalue weighted by Gasteiger charge is 2.28. The summed E-state index contributed by atoms with van der Waals surface area (Å²) in [5.41, 5.74) is -1.92. The van der Waals surface area contributed by atoms with Gasteiger partial charge in [-0.2, -0.15) is 0 Å². The molecule has 3 aromatic rings. The molecule has 24 heavy (non-hydrogen) atoms. The number of nitro groups is 1. The molecule has 0 bridgehead atoms. The number of para-hydroxylation sites is 1. The molecule has 1 heterocycles. The van der Waals surface area contributed by atoms with Crippen molar-refractivity contribution in [2.45, 2.75) is 0 Å². The largest absolute Gasteiger partial charge is 0.419 e. The summed E-state index contributed by atoms with van der Waals surface area (Å²) >= 11 is 5.75. The Morgan fingerprint density at radius 1 is 1.12 bits per heavy atom. The molecule has 0 aliphatic heterocycles. The topological polar surface area (TPSA) is 99.6 Å². The van der Waals surface area contributed by atoms with E-state index in [4.69, 9.17) is 20.8 Å². The molecule has 0 amide bonds. The van der Waals surface area contributed by atoms with Crippen LogP contribution >= 0.6 is 11.6 Å². The average molecular weight is 346 g/mol. The first-order chi connectivity index (χ1) is 11.5. The Kier molecular flexibility index (Phi) is 4.01. The number of esters is 1. The van der Waals surface area contributed by atoms with Crippen LogP contribution < -0.4 is 10.4 Å². The van der Waals surface area contributed by atoms with Crippen molar-refractivity contribution in [1.82, 2.24) is 0 Å². The van der Waals surface area contributed by atoms with Gasteiger partial charge in [-0.3, -0.25) is 10.1 Å². The standard InChI is InChI=1S/C16H8ClNO6/c17-10-7-5-9(6-8-10)15(19)24-14-11-3-1-2-4-12(11)23-16(20)13(14)18(21)22/h1-8H. The van der Waals surface area contributed by atoms with Crippen molar-refractivity contribution in [1.29, 1.82) is 0 Å². The quantitative estimate of drug-likeness (QED) is 0.311. The van der Waals surface area contributed by atoms with Crippen molar-refractivity contribution in [2.24, 2.45) is 0 Å². The summed E-state index contributed by atoms with van der Waals surface area (Å²) in [7, 11) is 0. The van der Waals surface area contributed by atoms with Crippen molar-refractivity contribution >= 4 is 34.2 Å². The predicted octanol–water partition coefficient (Wildman–Crippen LogP) is 3.57. The van der Waals surface area contributed by atoms with Crippen molar-refractivity contribution in [3.05, 3.63) is 79.7 Å². The lowest BCUT2D eigenvalue weighted by Crippen LogP contribution is -2.14. The van der Waals surface area contributed by atoms with Gasteiger partial charge < -0.3 is 9.15 Å². The molecule has 0 N–H and O–H groups in total. The van der Waals surface area contributed by atoms with E-state index in [-0.39, 0.29) is 16.5 Å². The molecule has 0 aliphatic carbocycles. The number of carbonyl (C=O) groups is 1. The van der Waals surface area contributed by atoms with Crippen molar-refractivity contribution in [3.63, 3.8) is 0 Å². The normalized spacial score (nSPS) is 10.5. The van der Waals surface area contributed by atoms with E-state index in [0.29, 0.717) is 5.02 Å². The number of carbonyl (C=O) groups excluding carboxylic acids is 1. The number of ether oxygens (including phenoxy) is 1. The monoisotopic (exact) mass is 345 g/mol. The van der Waals surface area contributed by atoms with Crippen LogP contribution in [0.2, 0.25) is 5.02 Å². The Morgan fingerprint density at radius 2 is 1.79 bits per heavy atom. The Morgan fingerprint density at radius 3 is 2.46 bits per heavy atom. The molecule has 0 fully saturated rings. The fourth-order valence-corrected chi connectivity index (χ4v) is 2.24. The van der Waals surface area contributed by atoms with E-state index in [1.54, 1.807) is 12.1 Å². The summed E-state index contributed by atoms with van der Waals surface area (Å²) in [6, 6.07) is 11.8. The average Bonchev–Trinajstić information content (AvgIpc) is 2.54. The van der Waals surface area contributed by atoms with E-state index in [1.165, 1.54) is 36.4 Å². The molecule has 1 aromatic heterocycles. The minimum absolute atomic E-state index is 0.0759. The maximum atomic E-state index is 12.2. The van der Waals surface area contributed by atoms with E-state index < -0.39 is 28.0 Å². The van der Waals surface area contributed by atoms with Crippen molar-refractivity contribution in [2.75, 3.05) is 0 Å². The second kappa shape index (κ2) is 6.13. The predicted molar refractivity (Wildman–Crippen MR) is 85.5 cm³/mol. The van der Waals surface area contributed by atoms with E-state index in [9.17, 15) is 19.7 Å². The molecule has 0 aliphatic rings. The van der Waals surface area contributed by atoms with Gasteiger partial charge in [0, 0.05) is 5.02 Å². The van der Waals surface area contributed by atoms with E-state index in [1.807, 2.05) is 0 Å². The van der Waals surface area contributed by atoms with Crippen LogP contribution in [0.15, 0.2) is 57.7 Å². The van der Waals surface area contributed by atoms with Gasteiger partial charge in [0.05, 0.1) is 15.9 Å². The number of halogens is 1. The Balaban J connectivity index is 2.15. The maximum absolute atomic E-state index is 12.2. The van der Waals surface area contributed by atoms with Gasteiger partial charge in [-0.25, -0.2) is 9.59 Å². The van der Waals surface area contributed by atoms with E-state index in [2.05, 4.69) is 0 Å². The minimum atomic E-state index is -1.20. The van der Waals surface area contributed by atoms with Crippen LogP contribution in [0, 0.1) is 10.1 Å². The van der Waals surface area contributed by atoms with Gasteiger partial charge in [-0.15, -0.1) is 0 Å². The van der Waals surface area contributed by atoms with Crippen molar-refractivity contribution < 1.29 is 18.9 Å². The molecule has 0 atom stereocenters. The molecule has 8 heteroatoms. The summed E-state index contributed by atoms with van der Waals surface area (Å²) in [5, 5.41) is 11.8. The van der Waals surface area contributed by atoms with Crippen LogP contribution in [-0.4, -0.2) is 10.9 Å². The fourth-order valence-electron chi connectivity index (χ4n) is 2.11. The first-order valence-electron chi connectivity index (χ1n) is 6.65. The zero-order valence-electron chi connectivity index (χ0n) is 11.9. The van der Waals surface area contributed by atoms with Gasteiger partial charge in [0.15, 0.2) is 0 Å². The number of rotatable bonds is 3. The van der Waals surface area contributed by atoms with Gasteiger partial charge >= 0.3 is 17.3 Å². The highest BCUT2D eigenvalue weighted by atomic mass is 35.5. The lowest BCUT2D eigenvalue weighted by atomic mass is 10.2. The zero-order valence-corrected chi connectivity index (χ0v) is 12.6. The summed E-state index contributed by atoms with van der Waals surface area (Å²) < 4.78 is 10.0. The molecular formula is C16H8ClNO6. The summed E-state index contributed by atoms with van der Waals surface area (Å²) in [6.07, 6.45) is 0. The van der Waals surface area contributed by atoms with Crippen LogP contribution in [0.25, 0.3) is 11.0 Å². The third kappa shape index (κ3) is 2.84. The van der Waals surface area contributed by atoms with Crippen LogP contribution in [0.5, 0.6) is 5.75 Å². The van der Waals surface area contributed by atoms with Gasteiger partial charge in [0.1, 0.15) is 5.58 Å². The molecule has 0 saturated heterocycles. The summed E-state index contributed by atoms with van der Waals surface area (Å²) in [6.45, 7) is 0.